The summed E-state index contributed by atoms with van der Waals surface area (Å²) in [5.41, 5.74) is 0. The molecule has 1 aromatic heterocycles. The van der Waals surface area contributed by atoms with Crippen molar-refractivity contribution in [3.8, 4) is 0 Å². The molecule has 2 aliphatic heterocycles. The molecule has 1 aromatic rings. The minimum absolute atomic E-state index is 0.278. The maximum atomic E-state index is 9.54. The third-order valence-corrected chi connectivity index (χ3v) is 5.08. The van der Waals surface area contributed by atoms with Gasteiger partial charge in [-0.1, -0.05) is 0 Å². The van der Waals surface area contributed by atoms with E-state index in [1.165, 1.54) is 0 Å². The van der Waals surface area contributed by atoms with Gasteiger partial charge in [-0.15, -0.1) is 0 Å². The number of hydrogen-bond donors (Lipinski definition) is 2. The van der Waals surface area contributed by atoms with Gasteiger partial charge in [-0.2, -0.15) is 0 Å². The molecule has 0 spiro atoms. The van der Waals surface area contributed by atoms with Crippen molar-refractivity contribution >= 4 is 11.6 Å². The molecular formula is C18H32N6O2. The van der Waals surface area contributed by atoms with Crippen LogP contribution in [0.1, 0.15) is 13.8 Å². The van der Waals surface area contributed by atoms with E-state index in [1.807, 2.05) is 13.8 Å². The van der Waals surface area contributed by atoms with Crippen molar-refractivity contribution in [3.05, 3.63) is 12.4 Å². The molecule has 0 saturated carbocycles. The number of aliphatic hydroxyl groups excluding tert-OH is 2. The first kappa shape index (κ1) is 19.3. The Kier molecular flexibility index (Phi) is 6.63. The van der Waals surface area contributed by atoms with Gasteiger partial charge in [0.25, 0.3) is 0 Å². The third-order valence-electron chi connectivity index (χ3n) is 5.08. The van der Waals surface area contributed by atoms with Crippen LogP contribution in [0.2, 0.25) is 0 Å². The quantitative estimate of drug-likeness (QED) is 0.698. The number of piperazine rings is 2. The van der Waals surface area contributed by atoms with Gasteiger partial charge in [0.1, 0.15) is 18.0 Å². The molecule has 0 unspecified atom stereocenters. The standard InChI is InChI=1S/C18H32N6O2/c1-15(25)12-21-3-7-23(8-4-21)17-11-18(20-14-19-17)24-9-5-22(6-10-24)13-16(2)26/h11,14-16,25-26H,3-10,12-13H2,1-2H3/t15-,16-/m1/s1. The van der Waals surface area contributed by atoms with E-state index in [9.17, 15) is 10.2 Å². The summed E-state index contributed by atoms with van der Waals surface area (Å²) in [5.74, 6) is 1.97. The highest BCUT2D eigenvalue weighted by Gasteiger charge is 2.22. The maximum absolute atomic E-state index is 9.54. The second-order valence-corrected chi connectivity index (χ2v) is 7.51. The number of β-amino-alcohol motifs (C(OH)–C–C–N with tert-alkyl or cyclic N) is 2. The van der Waals surface area contributed by atoms with Crippen molar-refractivity contribution < 1.29 is 10.2 Å². The SMILES string of the molecule is C[C@@H](O)CN1CCN(c2cc(N3CCN(C[C@@H](C)O)CC3)ncn2)CC1. The number of rotatable bonds is 6. The van der Waals surface area contributed by atoms with Gasteiger partial charge >= 0.3 is 0 Å². The van der Waals surface area contributed by atoms with Crippen molar-refractivity contribution in [1.29, 1.82) is 0 Å². The van der Waals surface area contributed by atoms with Crippen LogP contribution in [-0.4, -0.2) is 108 Å². The highest BCUT2D eigenvalue weighted by Crippen LogP contribution is 2.20. The number of aromatic nitrogens is 2. The van der Waals surface area contributed by atoms with E-state index in [2.05, 4.69) is 35.6 Å². The van der Waals surface area contributed by atoms with E-state index in [-0.39, 0.29) is 12.2 Å². The topological polar surface area (TPSA) is 79.2 Å². The van der Waals surface area contributed by atoms with Crippen molar-refractivity contribution in [2.24, 2.45) is 0 Å². The molecule has 8 nitrogen and oxygen atoms in total. The molecule has 2 N–H and O–H groups in total. The molecule has 26 heavy (non-hydrogen) atoms. The Morgan fingerprint density at radius 1 is 0.769 bits per heavy atom. The Bertz CT molecular complexity index is 509. The molecule has 0 bridgehead atoms. The van der Waals surface area contributed by atoms with E-state index in [4.69, 9.17) is 0 Å². The summed E-state index contributed by atoms with van der Waals surface area (Å²) in [7, 11) is 0. The highest BCUT2D eigenvalue weighted by molar-refractivity contribution is 5.50. The lowest BCUT2D eigenvalue weighted by molar-refractivity contribution is 0.122. The highest BCUT2D eigenvalue weighted by atomic mass is 16.3. The van der Waals surface area contributed by atoms with Gasteiger partial charge in [-0.3, -0.25) is 9.80 Å². The normalized spacial score (nSPS) is 22.5. The van der Waals surface area contributed by atoms with Gasteiger partial charge in [0.15, 0.2) is 0 Å². The maximum Gasteiger partial charge on any atom is 0.134 e. The Labute approximate surface area is 156 Å². The molecule has 3 heterocycles. The molecule has 2 aliphatic rings. The minimum atomic E-state index is -0.278. The molecule has 0 amide bonds. The van der Waals surface area contributed by atoms with Crippen LogP contribution in [0.3, 0.4) is 0 Å². The summed E-state index contributed by atoms with van der Waals surface area (Å²) in [6.45, 7) is 12.6. The van der Waals surface area contributed by atoms with E-state index in [0.717, 1.165) is 77.1 Å². The van der Waals surface area contributed by atoms with Crippen LogP contribution in [0, 0.1) is 0 Å². The first-order valence-electron chi connectivity index (χ1n) is 9.64. The molecule has 8 heteroatoms. The van der Waals surface area contributed by atoms with E-state index >= 15 is 0 Å². The predicted molar refractivity (Wildman–Crippen MR) is 103 cm³/mol. The van der Waals surface area contributed by atoms with Gasteiger partial charge in [0, 0.05) is 71.5 Å². The zero-order chi connectivity index (χ0) is 18.5. The summed E-state index contributed by atoms with van der Waals surface area (Å²) < 4.78 is 0. The van der Waals surface area contributed by atoms with Gasteiger partial charge in [-0.05, 0) is 13.8 Å². The van der Waals surface area contributed by atoms with Crippen molar-refractivity contribution in [2.45, 2.75) is 26.1 Å². The fourth-order valence-corrected chi connectivity index (χ4v) is 3.75. The summed E-state index contributed by atoms with van der Waals surface area (Å²) in [6, 6.07) is 2.09. The average Bonchev–Trinajstić information content (AvgIpc) is 2.62. The Hall–Kier alpha value is -1.48. The van der Waals surface area contributed by atoms with Crippen LogP contribution in [0.15, 0.2) is 12.4 Å². The second kappa shape index (κ2) is 8.94. The van der Waals surface area contributed by atoms with Crippen molar-refractivity contribution in [3.63, 3.8) is 0 Å². The zero-order valence-corrected chi connectivity index (χ0v) is 16.0. The number of aliphatic hydroxyl groups is 2. The van der Waals surface area contributed by atoms with Gasteiger partial charge in [0.05, 0.1) is 12.2 Å². The molecule has 2 atom stereocenters. The lowest BCUT2D eigenvalue weighted by Gasteiger charge is -2.37. The fraction of sp³-hybridized carbons (Fsp3) is 0.778. The monoisotopic (exact) mass is 364 g/mol. The van der Waals surface area contributed by atoms with E-state index < -0.39 is 0 Å². The number of nitrogens with zero attached hydrogens (tertiary/aromatic N) is 6. The number of hydrogen-bond acceptors (Lipinski definition) is 8. The molecule has 0 aromatic carbocycles. The van der Waals surface area contributed by atoms with Crippen LogP contribution in [0.5, 0.6) is 0 Å². The molecule has 146 valence electrons. The lowest BCUT2D eigenvalue weighted by atomic mass is 10.2. The number of anilines is 2. The van der Waals surface area contributed by atoms with Crippen LogP contribution in [0.4, 0.5) is 11.6 Å². The average molecular weight is 364 g/mol. The van der Waals surface area contributed by atoms with Gasteiger partial charge in [-0.25, -0.2) is 9.97 Å². The third kappa shape index (κ3) is 5.26. The van der Waals surface area contributed by atoms with Crippen molar-refractivity contribution in [2.75, 3.05) is 75.2 Å². The Morgan fingerprint density at radius 3 is 1.50 bits per heavy atom. The predicted octanol–water partition coefficient (Wildman–Crippen LogP) is -0.518. The fourth-order valence-electron chi connectivity index (χ4n) is 3.75. The summed E-state index contributed by atoms with van der Waals surface area (Å²) in [4.78, 5) is 18.1. The largest absolute Gasteiger partial charge is 0.392 e. The summed E-state index contributed by atoms with van der Waals surface area (Å²) in [5, 5.41) is 19.1. The summed E-state index contributed by atoms with van der Waals surface area (Å²) in [6.07, 6.45) is 1.11. The van der Waals surface area contributed by atoms with Crippen LogP contribution >= 0.6 is 0 Å². The molecule has 0 radical (unpaired) electrons. The lowest BCUT2D eigenvalue weighted by Crippen LogP contribution is -2.49. The Balaban J connectivity index is 1.54. The van der Waals surface area contributed by atoms with Gasteiger partial charge < -0.3 is 20.0 Å². The zero-order valence-electron chi connectivity index (χ0n) is 16.0. The van der Waals surface area contributed by atoms with Crippen LogP contribution in [-0.2, 0) is 0 Å². The first-order chi connectivity index (χ1) is 12.5. The van der Waals surface area contributed by atoms with Crippen molar-refractivity contribution in [1.82, 2.24) is 19.8 Å². The van der Waals surface area contributed by atoms with Crippen LogP contribution in [0.25, 0.3) is 0 Å². The first-order valence-corrected chi connectivity index (χ1v) is 9.64. The van der Waals surface area contributed by atoms with Crippen LogP contribution < -0.4 is 9.80 Å². The minimum Gasteiger partial charge on any atom is -0.392 e. The molecular weight excluding hydrogens is 332 g/mol. The smallest absolute Gasteiger partial charge is 0.134 e. The van der Waals surface area contributed by atoms with E-state index in [1.54, 1.807) is 6.33 Å². The summed E-state index contributed by atoms with van der Waals surface area (Å²) >= 11 is 0. The molecule has 0 aliphatic carbocycles. The molecule has 3 rings (SSSR count). The molecule has 2 saturated heterocycles. The molecule has 2 fully saturated rings. The van der Waals surface area contributed by atoms with E-state index in [0.29, 0.717) is 0 Å². The second-order valence-electron chi connectivity index (χ2n) is 7.51. The Morgan fingerprint density at radius 2 is 1.15 bits per heavy atom. The van der Waals surface area contributed by atoms with Gasteiger partial charge in [0.2, 0.25) is 0 Å².